The second-order valence-corrected chi connectivity index (χ2v) is 3.92. The molecule has 0 saturated heterocycles. The van der Waals surface area contributed by atoms with Crippen molar-refractivity contribution in [3.05, 3.63) is 41.6 Å². The van der Waals surface area contributed by atoms with Gasteiger partial charge in [0.1, 0.15) is 5.70 Å². The van der Waals surface area contributed by atoms with Gasteiger partial charge in [0.05, 0.1) is 0 Å². The van der Waals surface area contributed by atoms with Crippen LogP contribution in [0.1, 0.15) is 19.4 Å². The summed E-state index contributed by atoms with van der Waals surface area (Å²) >= 11 is 0. The topological polar surface area (TPSA) is 66.4 Å². The first-order valence-electron chi connectivity index (χ1n) is 5.31. The molecule has 0 aliphatic carbocycles. The monoisotopic (exact) mass is 233 g/mol. The van der Waals surface area contributed by atoms with Crippen LogP contribution in [0.25, 0.3) is 6.08 Å². The molecule has 0 fully saturated rings. The molecule has 17 heavy (non-hydrogen) atoms. The molecule has 0 aliphatic rings. The summed E-state index contributed by atoms with van der Waals surface area (Å²) in [6, 6.07) is 8.98. The van der Waals surface area contributed by atoms with Gasteiger partial charge < -0.3 is 10.4 Å². The molecule has 90 valence electrons. The minimum absolute atomic E-state index is 0.116. The largest absolute Gasteiger partial charge is 0.477 e. The van der Waals surface area contributed by atoms with E-state index in [0.717, 1.165) is 5.56 Å². The van der Waals surface area contributed by atoms with Gasteiger partial charge in [-0.25, -0.2) is 4.79 Å². The zero-order valence-corrected chi connectivity index (χ0v) is 9.81. The Kier molecular flexibility index (Phi) is 4.46. The maximum atomic E-state index is 11.4. The number of nitrogens with one attached hydrogen (secondary N) is 1. The molecule has 0 saturated carbocycles. The Balaban J connectivity index is 2.91. The van der Waals surface area contributed by atoms with E-state index in [9.17, 15) is 9.59 Å². The fraction of sp³-hybridized carbons (Fsp3) is 0.231. The Hall–Kier alpha value is -2.10. The summed E-state index contributed by atoms with van der Waals surface area (Å²) in [6.45, 7) is 3.41. The molecule has 0 bridgehead atoms. The number of rotatable bonds is 4. The Morgan fingerprint density at radius 3 is 2.29 bits per heavy atom. The second-order valence-electron chi connectivity index (χ2n) is 3.92. The molecule has 1 aromatic rings. The van der Waals surface area contributed by atoms with Crippen molar-refractivity contribution in [1.29, 1.82) is 0 Å². The van der Waals surface area contributed by atoms with Crippen molar-refractivity contribution in [3.63, 3.8) is 0 Å². The Morgan fingerprint density at radius 2 is 1.82 bits per heavy atom. The Bertz CT molecular complexity index is 435. The minimum atomic E-state index is -1.15. The number of carboxylic acids is 1. The standard InChI is InChI=1S/C13H15NO3/c1-9(2)12(15)14-11(13(16)17)8-10-6-4-3-5-7-10/h3-9H,1-2H3,(H,14,15)(H,16,17)/b11-8-. The van der Waals surface area contributed by atoms with E-state index in [1.807, 2.05) is 6.07 Å². The Morgan fingerprint density at radius 1 is 1.24 bits per heavy atom. The van der Waals surface area contributed by atoms with Gasteiger partial charge in [0, 0.05) is 5.92 Å². The van der Waals surface area contributed by atoms with Crippen molar-refractivity contribution in [2.75, 3.05) is 0 Å². The van der Waals surface area contributed by atoms with Crippen molar-refractivity contribution in [2.45, 2.75) is 13.8 Å². The van der Waals surface area contributed by atoms with Crippen molar-refractivity contribution in [1.82, 2.24) is 5.32 Å². The van der Waals surface area contributed by atoms with Crippen LogP contribution in [0.4, 0.5) is 0 Å². The summed E-state index contributed by atoms with van der Waals surface area (Å²) in [7, 11) is 0. The molecule has 4 heteroatoms. The first-order valence-corrected chi connectivity index (χ1v) is 5.31. The van der Waals surface area contributed by atoms with E-state index in [4.69, 9.17) is 5.11 Å². The highest BCUT2D eigenvalue weighted by Crippen LogP contribution is 2.06. The van der Waals surface area contributed by atoms with Gasteiger partial charge in [-0.1, -0.05) is 44.2 Å². The van der Waals surface area contributed by atoms with E-state index < -0.39 is 5.97 Å². The van der Waals surface area contributed by atoms with Crippen LogP contribution in [-0.4, -0.2) is 17.0 Å². The van der Waals surface area contributed by atoms with Crippen LogP contribution in [0.2, 0.25) is 0 Å². The number of benzene rings is 1. The van der Waals surface area contributed by atoms with Crippen LogP contribution in [0.15, 0.2) is 36.0 Å². The number of carbonyl (C=O) groups excluding carboxylic acids is 1. The highest BCUT2D eigenvalue weighted by Gasteiger charge is 2.13. The van der Waals surface area contributed by atoms with Crippen molar-refractivity contribution in [3.8, 4) is 0 Å². The molecule has 0 heterocycles. The normalized spacial score (nSPS) is 11.4. The predicted molar refractivity (Wildman–Crippen MR) is 65.0 cm³/mol. The van der Waals surface area contributed by atoms with Gasteiger partial charge in [0.2, 0.25) is 5.91 Å². The average molecular weight is 233 g/mol. The lowest BCUT2D eigenvalue weighted by atomic mass is 10.1. The van der Waals surface area contributed by atoms with Crippen LogP contribution >= 0.6 is 0 Å². The summed E-state index contributed by atoms with van der Waals surface area (Å²) in [5, 5.41) is 11.4. The number of hydrogen-bond acceptors (Lipinski definition) is 2. The number of carbonyl (C=O) groups is 2. The highest BCUT2D eigenvalue weighted by atomic mass is 16.4. The quantitative estimate of drug-likeness (QED) is 0.780. The first kappa shape index (κ1) is 13.0. The molecule has 1 amide bonds. The minimum Gasteiger partial charge on any atom is -0.477 e. The van der Waals surface area contributed by atoms with E-state index in [2.05, 4.69) is 5.32 Å². The SMILES string of the molecule is CC(C)C(=O)N/C(=C\c1ccccc1)C(=O)O. The molecule has 0 aromatic heterocycles. The zero-order chi connectivity index (χ0) is 12.8. The van der Waals surface area contributed by atoms with Crippen molar-refractivity contribution < 1.29 is 14.7 Å². The van der Waals surface area contributed by atoms with Gasteiger partial charge in [-0.15, -0.1) is 0 Å². The fourth-order valence-corrected chi connectivity index (χ4v) is 1.14. The molecule has 4 nitrogen and oxygen atoms in total. The third kappa shape index (κ3) is 4.10. The molecule has 2 N–H and O–H groups in total. The molecule has 0 atom stereocenters. The maximum Gasteiger partial charge on any atom is 0.352 e. The van der Waals surface area contributed by atoms with Crippen LogP contribution in [0.5, 0.6) is 0 Å². The third-order valence-electron chi connectivity index (χ3n) is 2.12. The summed E-state index contributed by atoms with van der Waals surface area (Å²) < 4.78 is 0. The van der Waals surface area contributed by atoms with E-state index in [1.165, 1.54) is 6.08 Å². The van der Waals surface area contributed by atoms with Crippen LogP contribution < -0.4 is 5.32 Å². The smallest absolute Gasteiger partial charge is 0.352 e. The lowest BCUT2D eigenvalue weighted by Gasteiger charge is -2.08. The van der Waals surface area contributed by atoms with Gasteiger partial charge in [-0.2, -0.15) is 0 Å². The molecular weight excluding hydrogens is 218 g/mol. The van der Waals surface area contributed by atoms with E-state index in [0.29, 0.717) is 0 Å². The molecule has 0 aliphatic heterocycles. The molecular formula is C13H15NO3. The van der Waals surface area contributed by atoms with Gasteiger partial charge in [-0.05, 0) is 11.6 Å². The summed E-state index contributed by atoms with van der Waals surface area (Å²) in [6.07, 6.45) is 1.43. The highest BCUT2D eigenvalue weighted by molar-refractivity contribution is 5.97. The van der Waals surface area contributed by atoms with Gasteiger partial charge >= 0.3 is 5.97 Å². The fourth-order valence-electron chi connectivity index (χ4n) is 1.14. The molecule has 1 rings (SSSR count). The van der Waals surface area contributed by atoms with Crippen LogP contribution in [-0.2, 0) is 9.59 Å². The van der Waals surface area contributed by atoms with Crippen LogP contribution in [0, 0.1) is 5.92 Å². The predicted octanol–water partition coefficient (Wildman–Crippen LogP) is 1.88. The third-order valence-corrected chi connectivity index (χ3v) is 2.12. The van der Waals surface area contributed by atoms with E-state index >= 15 is 0 Å². The van der Waals surface area contributed by atoms with E-state index in [-0.39, 0.29) is 17.5 Å². The number of hydrogen-bond donors (Lipinski definition) is 2. The molecule has 1 aromatic carbocycles. The average Bonchev–Trinajstić information content (AvgIpc) is 2.29. The second kappa shape index (κ2) is 5.84. The first-order chi connectivity index (χ1) is 8.00. The number of amides is 1. The maximum absolute atomic E-state index is 11.4. The molecule has 0 radical (unpaired) electrons. The number of aliphatic carboxylic acids is 1. The van der Waals surface area contributed by atoms with E-state index in [1.54, 1.807) is 38.1 Å². The zero-order valence-electron chi connectivity index (χ0n) is 9.81. The molecule has 0 unspecified atom stereocenters. The number of carboxylic acid groups (broad SMARTS) is 1. The lowest BCUT2D eigenvalue weighted by molar-refractivity contribution is -0.135. The van der Waals surface area contributed by atoms with Gasteiger partial charge in [0.25, 0.3) is 0 Å². The summed E-state index contributed by atoms with van der Waals surface area (Å²) in [5.41, 5.74) is 0.615. The summed E-state index contributed by atoms with van der Waals surface area (Å²) in [4.78, 5) is 22.4. The van der Waals surface area contributed by atoms with Gasteiger partial charge in [-0.3, -0.25) is 4.79 Å². The van der Waals surface area contributed by atoms with Crippen LogP contribution in [0.3, 0.4) is 0 Å². The lowest BCUT2D eigenvalue weighted by Crippen LogP contribution is -2.30. The van der Waals surface area contributed by atoms with Crippen molar-refractivity contribution in [2.24, 2.45) is 5.92 Å². The Labute approximate surface area is 100.0 Å². The van der Waals surface area contributed by atoms with Gasteiger partial charge in [0.15, 0.2) is 0 Å². The molecule has 0 spiro atoms. The summed E-state index contributed by atoms with van der Waals surface area (Å²) in [5.74, 6) is -1.72. The van der Waals surface area contributed by atoms with Crippen molar-refractivity contribution >= 4 is 18.0 Å².